The Bertz CT molecular complexity index is 373. The first-order chi connectivity index (χ1) is 8.42. The predicted octanol–water partition coefficient (Wildman–Crippen LogP) is 3.34. The summed E-state index contributed by atoms with van der Waals surface area (Å²) in [6.07, 6.45) is 0. The summed E-state index contributed by atoms with van der Waals surface area (Å²) in [7, 11) is 0. The highest BCUT2D eigenvalue weighted by Gasteiger charge is 2.23. The van der Waals surface area contributed by atoms with Crippen LogP contribution in [0.2, 0.25) is 0 Å². The Morgan fingerprint density at radius 2 is 1.61 bits per heavy atom. The molecule has 0 aromatic heterocycles. The Morgan fingerprint density at radius 3 is 1.94 bits per heavy atom. The molecule has 0 spiro atoms. The standard InChI is InChI=1S/C16H28N2/c1-7-18(11(2)3)15(10-17)16-13(5)8-12(4)9-14(16)6/h8-9,11,15H,7,10,17H2,1-6H3. The Labute approximate surface area is 112 Å². The molecule has 2 nitrogen and oxygen atoms in total. The lowest BCUT2D eigenvalue weighted by Crippen LogP contribution is -2.39. The molecule has 1 aromatic rings. The topological polar surface area (TPSA) is 29.3 Å². The maximum absolute atomic E-state index is 6.05. The van der Waals surface area contributed by atoms with Crippen LogP contribution in [-0.4, -0.2) is 24.0 Å². The van der Waals surface area contributed by atoms with Crippen molar-refractivity contribution in [3.63, 3.8) is 0 Å². The highest BCUT2D eigenvalue weighted by molar-refractivity contribution is 5.40. The minimum absolute atomic E-state index is 0.329. The second kappa shape index (κ2) is 6.35. The van der Waals surface area contributed by atoms with Crippen molar-refractivity contribution in [3.8, 4) is 0 Å². The molecule has 0 bridgehead atoms. The molecule has 2 N–H and O–H groups in total. The molecule has 0 fully saturated rings. The number of nitrogens with zero attached hydrogens (tertiary/aromatic N) is 1. The summed E-state index contributed by atoms with van der Waals surface area (Å²) < 4.78 is 0. The summed E-state index contributed by atoms with van der Waals surface area (Å²) >= 11 is 0. The maximum Gasteiger partial charge on any atom is 0.0478 e. The minimum atomic E-state index is 0.329. The zero-order chi connectivity index (χ0) is 13.9. The van der Waals surface area contributed by atoms with Gasteiger partial charge in [0.25, 0.3) is 0 Å². The summed E-state index contributed by atoms with van der Waals surface area (Å²) in [6.45, 7) is 15.0. The highest BCUT2D eigenvalue weighted by Crippen LogP contribution is 2.28. The first kappa shape index (κ1) is 15.2. The Balaban J connectivity index is 3.24. The lowest BCUT2D eigenvalue weighted by atomic mass is 9.92. The number of benzene rings is 1. The van der Waals surface area contributed by atoms with Crippen molar-refractivity contribution >= 4 is 0 Å². The Hall–Kier alpha value is -0.860. The average Bonchev–Trinajstić information content (AvgIpc) is 2.25. The van der Waals surface area contributed by atoms with Gasteiger partial charge in [0, 0.05) is 18.6 Å². The molecule has 0 aliphatic rings. The van der Waals surface area contributed by atoms with Gasteiger partial charge in [-0.1, -0.05) is 24.6 Å². The van der Waals surface area contributed by atoms with E-state index in [4.69, 9.17) is 5.73 Å². The molecule has 102 valence electrons. The number of nitrogens with two attached hydrogens (primary N) is 1. The van der Waals surface area contributed by atoms with Gasteiger partial charge in [0.05, 0.1) is 0 Å². The molecule has 18 heavy (non-hydrogen) atoms. The van der Waals surface area contributed by atoms with Gasteiger partial charge in [-0.25, -0.2) is 0 Å². The number of hydrogen-bond acceptors (Lipinski definition) is 2. The molecule has 1 rings (SSSR count). The Kier molecular flexibility index (Phi) is 5.36. The van der Waals surface area contributed by atoms with Crippen LogP contribution >= 0.6 is 0 Å². The smallest absolute Gasteiger partial charge is 0.0478 e. The molecule has 0 radical (unpaired) electrons. The molecule has 0 amide bonds. The van der Waals surface area contributed by atoms with Crippen LogP contribution in [0.15, 0.2) is 12.1 Å². The molecular formula is C16H28N2. The van der Waals surface area contributed by atoms with Crippen molar-refractivity contribution in [1.29, 1.82) is 0 Å². The third-order valence-corrected chi connectivity index (χ3v) is 3.72. The van der Waals surface area contributed by atoms with Crippen molar-refractivity contribution in [2.45, 2.75) is 53.6 Å². The number of rotatable bonds is 5. The van der Waals surface area contributed by atoms with Crippen LogP contribution in [-0.2, 0) is 0 Å². The van der Waals surface area contributed by atoms with Crippen LogP contribution in [0, 0.1) is 20.8 Å². The molecule has 1 unspecified atom stereocenters. The summed E-state index contributed by atoms with van der Waals surface area (Å²) in [4.78, 5) is 2.48. The summed E-state index contributed by atoms with van der Waals surface area (Å²) in [6, 6.07) is 5.37. The zero-order valence-corrected chi connectivity index (χ0v) is 12.7. The van der Waals surface area contributed by atoms with Gasteiger partial charge in [0.1, 0.15) is 0 Å². The number of aryl methyl sites for hydroxylation is 3. The fourth-order valence-electron chi connectivity index (χ4n) is 3.08. The third-order valence-electron chi connectivity index (χ3n) is 3.72. The van der Waals surface area contributed by atoms with E-state index in [1.807, 2.05) is 0 Å². The SMILES string of the molecule is CCN(C(C)C)C(CN)c1c(C)cc(C)cc1C. The van der Waals surface area contributed by atoms with Gasteiger partial charge in [-0.3, -0.25) is 4.90 Å². The van der Waals surface area contributed by atoms with Crippen molar-refractivity contribution in [1.82, 2.24) is 4.90 Å². The summed E-state index contributed by atoms with van der Waals surface area (Å²) in [5.74, 6) is 0. The first-order valence-electron chi connectivity index (χ1n) is 6.95. The van der Waals surface area contributed by atoms with E-state index < -0.39 is 0 Å². The van der Waals surface area contributed by atoms with Crippen LogP contribution < -0.4 is 5.73 Å². The molecule has 0 heterocycles. The number of hydrogen-bond donors (Lipinski definition) is 1. The van der Waals surface area contributed by atoms with Crippen molar-refractivity contribution in [2.75, 3.05) is 13.1 Å². The quantitative estimate of drug-likeness (QED) is 0.866. The molecule has 0 saturated heterocycles. The molecule has 0 saturated carbocycles. The van der Waals surface area contributed by atoms with Crippen LogP contribution in [0.4, 0.5) is 0 Å². The van der Waals surface area contributed by atoms with E-state index in [1.54, 1.807) is 0 Å². The predicted molar refractivity (Wildman–Crippen MR) is 80.0 cm³/mol. The van der Waals surface area contributed by atoms with Gasteiger partial charge >= 0.3 is 0 Å². The van der Waals surface area contributed by atoms with Crippen molar-refractivity contribution in [2.24, 2.45) is 5.73 Å². The summed E-state index contributed by atoms with van der Waals surface area (Å²) in [5, 5.41) is 0. The fourth-order valence-corrected chi connectivity index (χ4v) is 3.08. The van der Waals surface area contributed by atoms with E-state index in [0.717, 1.165) is 6.54 Å². The van der Waals surface area contributed by atoms with E-state index in [9.17, 15) is 0 Å². The van der Waals surface area contributed by atoms with Gasteiger partial charge in [0.2, 0.25) is 0 Å². The molecule has 1 aromatic carbocycles. The first-order valence-corrected chi connectivity index (χ1v) is 6.95. The lowest BCUT2D eigenvalue weighted by Gasteiger charge is -2.35. The van der Waals surface area contributed by atoms with Crippen LogP contribution in [0.5, 0.6) is 0 Å². The second-order valence-electron chi connectivity index (χ2n) is 5.49. The van der Waals surface area contributed by atoms with Gasteiger partial charge < -0.3 is 5.73 Å². The minimum Gasteiger partial charge on any atom is -0.329 e. The van der Waals surface area contributed by atoms with E-state index in [-0.39, 0.29) is 0 Å². The molecule has 0 aliphatic heterocycles. The number of likely N-dealkylation sites (N-methyl/N-ethyl adjacent to an activating group) is 1. The lowest BCUT2D eigenvalue weighted by molar-refractivity contribution is 0.165. The third kappa shape index (κ3) is 3.12. The summed E-state index contributed by atoms with van der Waals surface area (Å²) in [5.41, 5.74) is 11.5. The average molecular weight is 248 g/mol. The van der Waals surface area contributed by atoms with Gasteiger partial charge in [-0.15, -0.1) is 0 Å². The molecular weight excluding hydrogens is 220 g/mol. The van der Waals surface area contributed by atoms with Gasteiger partial charge in [-0.05, 0) is 57.9 Å². The molecule has 1 atom stereocenters. The van der Waals surface area contributed by atoms with E-state index >= 15 is 0 Å². The largest absolute Gasteiger partial charge is 0.329 e. The second-order valence-corrected chi connectivity index (χ2v) is 5.49. The van der Waals surface area contributed by atoms with Crippen molar-refractivity contribution < 1.29 is 0 Å². The Morgan fingerprint density at radius 1 is 1.11 bits per heavy atom. The monoisotopic (exact) mass is 248 g/mol. The van der Waals surface area contributed by atoms with E-state index in [0.29, 0.717) is 18.6 Å². The van der Waals surface area contributed by atoms with E-state index in [1.165, 1.54) is 22.3 Å². The van der Waals surface area contributed by atoms with Crippen molar-refractivity contribution in [3.05, 3.63) is 34.4 Å². The van der Waals surface area contributed by atoms with Gasteiger partial charge in [-0.2, -0.15) is 0 Å². The maximum atomic E-state index is 6.05. The molecule has 2 heteroatoms. The van der Waals surface area contributed by atoms with Crippen LogP contribution in [0.3, 0.4) is 0 Å². The fraction of sp³-hybridized carbons (Fsp3) is 0.625. The highest BCUT2D eigenvalue weighted by atomic mass is 15.2. The zero-order valence-electron chi connectivity index (χ0n) is 12.7. The van der Waals surface area contributed by atoms with Crippen LogP contribution in [0.25, 0.3) is 0 Å². The van der Waals surface area contributed by atoms with E-state index in [2.05, 4.69) is 58.6 Å². The van der Waals surface area contributed by atoms with Gasteiger partial charge in [0.15, 0.2) is 0 Å². The van der Waals surface area contributed by atoms with Crippen LogP contribution in [0.1, 0.15) is 49.1 Å². The normalized spacial score (nSPS) is 13.4. The molecule has 0 aliphatic carbocycles.